The van der Waals surface area contributed by atoms with Gasteiger partial charge < -0.3 is 14.8 Å². The van der Waals surface area contributed by atoms with Crippen LogP contribution in [0.2, 0.25) is 0 Å². The molecule has 0 bridgehead atoms. The van der Waals surface area contributed by atoms with Crippen LogP contribution in [-0.2, 0) is 30.9 Å². The minimum atomic E-state index is -1.59. The van der Waals surface area contributed by atoms with Crippen LogP contribution in [0.15, 0.2) is 77.1 Å². The number of aromatic nitrogens is 4. The number of aryl methyl sites for hydroxylation is 1. The van der Waals surface area contributed by atoms with Crippen LogP contribution in [0, 0.1) is 0 Å². The quantitative estimate of drug-likeness (QED) is 0.116. The van der Waals surface area contributed by atoms with Crippen molar-refractivity contribution in [1.29, 1.82) is 0 Å². The van der Waals surface area contributed by atoms with Crippen LogP contribution in [-0.4, -0.2) is 77.9 Å². The standard InChI is InChI=1S/C26H25BrN6O5S2/c1-32-25(29-30-31-32)40-15-18-14-39-24-26(37-2,28-19(34)13-27)23(36)33(24)20(18)22(35)38-21(16-9-5-3-6-10-16)17-11-7-4-8-12-17/h3-12,21,24H,13-15H2,1-2H3,(H,28,34)/t24-,26+/m0/s1. The third-order valence-electron chi connectivity index (χ3n) is 6.46. The van der Waals surface area contributed by atoms with Crippen LogP contribution in [0.3, 0.4) is 0 Å². The number of rotatable bonds is 10. The van der Waals surface area contributed by atoms with Crippen LogP contribution in [0.25, 0.3) is 0 Å². The number of hydrogen-bond donors (Lipinski definition) is 1. The highest BCUT2D eigenvalue weighted by molar-refractivity contribution is 9.09. The number of methoxy groups -OCH3 is 1. The molecule has 0 radical (unpaired) electrons. The van der Waals surface area contributed by atoms with E-state index < -0.39 is 35.0 Å². The Morgan fingerprint density at radius 3 is 2.38 bits per heavy atom. The van der Waals surface area contributed by atoms with E-state index in [-0.39, 0.29) is 11.0 Å². The van der Waals surface area contributed by atoms with Crippen molar-refractivity contribution in [3.05, 3.63) is 83.1 Å². The van der Waals surface area contributed by atoms with Gasteiger partial charge in [-0.3, -0.25) is 14.5 Å². The van der Waals surface area contributed by atoms with Gasteiger partial charge in [-0.15, -0.1) is 16.9 Å². The second-order valence-electron chi connectivity index (χ2n) is 8.89. The molecule has 0 spiro atoms. The second kappa shape index (κ2) is 12.1. The summed E-state index contributed by atoms with van der Waals surface area (Å²) in [7, 11) is 3.08. The first-order chi connectivity index (χ1) is 19.4. The Hall–Kier alpha value is -3.20. The average molecular weight is 646 g/mol. The van der Waals surface area contributed by atoms with E-state index >= 15 is 0 Å². The molecule has 2 aliphatic heterocycles. The minimum Gasteiger partial charge on any atom is -0.448 e. The zero-order valence-corrected chi connectivity index (χ0v) is 24.7. The molecule has 2 amide bonds. The lowest BCUT2D eigenvalue weighted by Crippen LogP contribution is -2.80. The van der Waals surface area contributed by atoms with Gasteiger partial charge in [0.15, 0.2) is 6.10 Å². The van der Waals surface area contributed by atoms with E-state index in [1.54, 1.807) is 7.05 Å². The number of esters is 1. The normalized spacial score (nSPS) is 20.2. The Labute approximate surface area is 247 Å². The molecule has 1 aromatic heterocycles. The number of halogens is 1. The zero-order valence-electron chi connectivity index (χ0n) is 21.5. The maximum Gasteiger partial charge on any atom is 0.356 e. The van der Waals surface area contributed by atoms with E-state index in [1.807, 2.05) is 60.7 Å². The van der Waals surface area contributed by atoms with Crippen molar-refractivity contribution in [3.8, 4) is 0 Å². The van der Waals surface area contributed by atoms with Crippen LogP contribution >= 0.6 is 39.5 Å². The third-order valence-corrected chi connectivity index (χ3v) is 9.44. The van der Waals surface area contributed by atoms with Gasteiger partial charge in [0, 0.05) is 25.7 Å². The highest BCUT2D eigenvalue weighted by Crippen LogP contribution is 2.48. The molecule has 5 rings (SSSR count). The molecule has 1 N–H and O–H groups in total. The Kier molecular flexibility index (Phi) is 8.59. The molecule has 40 heavy (non-hydrogen) atoms. The van der Waals surface area contributed by atoms with Crippen LogP contribution in [0.5, 0.6) is 0 Å². The molecular weight excluding hydrogens is 620 g/mol. The number of alkyl halides is 1. The van der Waals surface area contributed by atoms with E-state index in [1.165, 1.54) is 40.2 Å². The number of tetrazole rings is 1. The molecular formula is C26H25BrN6O5S2. The van der Waals surface area contributed by atoms with Crippen molar-refractivity contribution < 1.29 is 23.9 Å². The zero-order chi connectivity index (χ0) is 28.3. The Balaban J connectivity index is 1.51. The van der Waals surface area contributed by atoms with Gasteiger partial charge >= 0.3 is 5.97 Å². The first-order valence-corrected chi connectivity index (χ1v) is 15.3. The number of nitrogens with one attached hydrogen (secondary N) is 1. The molecule has 208 valence electrons. The fourth-order valence-corrected chi connectivity index (χ4v) is 7.09. The highest BCUT2D eigenvalue weighted by Gasteiger charge is 2.66. The minimum absolute atomic E-state index is 0.00300. The highest BCUT2D eigenvalue weighted by atomic mass is 79.9. The molecule has 2 aromatic carbocycles. The summed E-state index contributed by atoms with van der Waals surface area (Å²) in [5.41, 5.74) is 0.802. The van der Waals surface area contributed by atoms with E-state index in [9.17, 15) is 14.4 Å². The van der Waals surface area contributed by atoms with Gasteiger partial charge in [-0.1, -0.05) is 88.4 Å². The van der Waals surface area contributed by atoms with E-state index in [2.05, 4.69) is 36.8 Å². The predicted molar refractivity (Wildman–Crippen MR) is 152 cm³/mol. The van der Waals surface area contributed by atoms with Crippen LogP contribution in [0.4, 0.5) is 0 Å². The van der Waals surface area contributed by atoms with Crippen molar-refractivity contribution in [2.45, 2.75) is 22.4 Å². The van der Waals surface area contributed by atoms with Gasteiger partial charge in [-0.2, -0.15) is 0 Å². The summed E-state index contributed by atoms with van der Waals surface area (Å²) in [5, 5.41) is 14.1. The van der Waals surface area contributed by atoms with Gasteiger partial charge in [0.2, 0.25) is 11.1 Å². The molecule has 3 aromatic rings. The number of fused-ring (bicyclic) bond motifs is 1. The molecule has 0 saturated carbocycles. The molecule has 0 aliphatic carbocycles. The second-order valence-corrected chi connectivity index (χ2v) is 11.5. The van der Waals surface area contributed by atoms with Crippen molar-refractivity contribution in [2.75, 3.05) is 23.9 Å². The topological polar surface area (TPSA) is 129 Å². The number of β-lactam (4-membered cyclic amide) rings is 1. The van der Waals surface area contributed by atoms with Gasteiger partial charge in [0.1, 0.15) is 11.1 Å². The maximum absolute atomic E-state index is 14.0. The fourth-order valence-electron chi connectivity index (χ4n) is 4.53. The number of ether oxygens (including phenoxy) is 2. The van der Waals surface area contributed by atoms with E-state index in [4.69, 9.17) is 9.47 Å². The Morgan fingerprint density at radius 2 is 1.82 bits per heavy atom. The summed E-state index contributed by atoms with van der Waals surface area (Å²) >= 11 is 5.86. The van der Waals surface area contributed by atoms with Crippen molar-refractivity contribution >= 4 is 57.2 Å². The van der Waals surface area contributed by atoms with Gasteiger partial charge in [0.25, 0.3) is 11.6 Å². The maximum atomic E-state index is 14.0. The summed E-state index contributed by atoms with van der Waals surface area (Å²) < 4.78 is 13.3. The number of amides is 2. The van der Waals surface area contributed by atoms with Crippen LogP contribution < -0.4 is 5.32 Å². The number of carbonyl (C=O) groups is 3. The fraction of sp³-hybridized carbons (Fsp3) is 0.308. The number of thioether (sulfide) groups is 2. The summed E-state index contributed by atoms with van der Waals surface area (Å²) in [4.78, 5) is 41.3. The number of nitrogens with zero attached hydrogens (tertiary/aromatic N) is 5. The molecule has 14 heteroatoms. The lowest BCUT2D eigenvalue weighted by molar-refractivity contribution is -0.192. The first kappa shape index (κ1) is 28.3. The number of hydrogen-bond acceptors (Lipinski definition) is 10. The lowest BCUT2D eigenvalue weighted by Gasteiger charge is -2.56. The van der Waals surface area contributed by atoms with E-state index in [0.717, 1.165) is 11.1 Å². The Morgan fingerprint density at radius 1 is 1.18 bits per heavy atom. The average Bonchev–Trinajstić information content (AvgIpc) is 3.41. The smallest absolute Gasteiger partial charge is 0.356 e. The van der Waals surface area contributed by atoms with Gasteiger partial charge in [-0.25, -0.2) is 9.48 Å². The van der Waals surface area contributed by atoms with Gasteiger partial charge in [0.05, 0.1) is 5.33 Å². The number of benzene rings is 2. The SMILES string of the molecule is CO[C@]1(NC(=O)CBr)C(=O)N2C(C(=O)OC(c3ccccc3)c3ccccc3)=C(CSc3nnnn3C)CS[C@H]21. The van der Waals surface area contributed by atoms with Crippen LogP contribution in [0.1, 0.15) is 17.2 Å². The number of carbonyl (C=O) groups excluding carboxylic acids is 3. The van der Waals surface area contributed by atoms with Crippen molar-refractivity contribution in [1.82, 2.24) is 30.4 Å². The molecule has 11 nitrogen and oxygen atoms in total. The molecule has 0 unspecified atom stereocenters. The van der Waals surface area contributed by atoms with Crippen molar-refractivity contribution in [3.63, 3.8) is 0 Å². The van der Waals surface area contributed by atoms with Crippen molar-refractivity contribution in [2.24, 2.45) is 7.05 Å². The summed E-state index contributed by atoms with van der Waals surface area (Å²) in [5.74, 6) is -0.870. The summed E-state index contributed by atoms with van der Waals surface area (Å²) in [6.07, 6.45) is -0.705. The molecule has 2 atom stereocenters. The molecule has 2 aliphatic rings. The lowest BCUT2D eigenvalue weighted by atomic mass is 9.98. The molecule has 1 saturated heterocycles. The predicted octanol–water partition coefficient (Wildman–Crippen LogP) is 2.66. The largest absolute Gasteiger partial charge is 0.448 e. The van der Waals surface area contributed by atoms with E-state index in [0.29, 0.717) is 22.2 Å². The first-order valence-electron chi connectivity index (χ1n) is 12.1. The molecule has 1 fully saturated rings. The summed E-state index contributed by atoms with van der Waals surface area (Å²) in [6, 6.07) is 18.8. The third kappa shape index (κ3) is 5.28. The molecule has 3 heterocycles. The van der Waals surface area contributed by atoms with Gasteiger partial charge in [-0.05, 0) is 27.1 Å². The Bertz CT molecular complexity index is 1400. The monoisotopic (exact) mass is 644 g/mol. The summed E-state index contributed by atoms with van der Waals surface area (Å²) in [6.45, 7) is 0.